The molecule has 1 fully saturated rings. The summed E-state index contributed by atoms with van der Waals surface area (Å²) in [5, 5.41) is 18.0. The summed E-state index contributed by atoms with van der Waals surface area (Å²) in [4.78, 5) is 48.2. The molecule has 2 aliphatic heterocycles. The van der Waals surface area contributed by atoms with E-state index in [-0.39, 0.29) is 35.5 Å². The normalized spacial score (nSPS) is 19.8. The molecular weight excluding hydrogens is 508 g/mol. The van der Waals surface area contributed by atoms with Crippen LogP contribution in [-0.4, -0.2) is 66.1 Å². The topological polar surface area (TPSA) is 172 Å². The van der Waals surface area contributed by atoms with Gasteiger partial charge in [0.25, 0.3) is 17.5 Å². The zero-order valence-corrected chi connectivity index (χ0v) is 20.5. The van der Waals surface area contributed by atoms with Crippen molar-refractivity contribution in [2.75, 3.05) is 18.1 Å². The maximum absolute atomic E-state index is 13.0. The molecule has 186 valence electrons. The van der Waals surface area contributed by atoms with E-state index in [1.165, 1.54) is 16.7 Å². The molecule has 0 saturated carbocycles. The number of nitrogens with one attached hydrogen (secondary N) is 1. The number of carboxylic acids is 1. The van der Waals surface area contributed by atoms with E-state index in [2.05, 4.69) is 19.8 Å². The Morgan fingerprint density at radius 2 is 2.22 bits per heavy atom. The maximum Gasteiger partial charge on any atom is 0.286 e. The van der Waals surface area contributed by atoms with Crippen LogP contribution in [-0.2, 0) is 25.8 Å². The van der Waals surface area contributed by atoms with Crippen molar-refractivity contribution >= 4 is 57.6 Å². The van der Waals surface area contributed by atoms with Crippen LogP contribution < -0.4 is 20.6 Å². The first-order chi connectivity index (χ1) is 17.4. The molecule has 0 aliphatic carbocycles. The molecule has 2 aliphatic rings. The number of β-lactam (4-membered cyclic amide) rings is 1. The summed E-state index contributed by atoms with van der Waals surface area (Å²) >= 11 is 2.24. The zero-order valence-electron chi connectivity index (χ0n) is 18.9. The predicted molar refractivity (Wildman–Crippen MR) is 127 cm³/mol. The number of carbonyl (C=O) groups excluding carboxylic acids is 3. The number of amides is 2. The number of pyridine rings is 1. The predicted octanol–water partition coefficient (Wildman–Crippen LogP) is -1.49. The molecule has 0 radical (unpaired) electrons. The highest BCUT2D eigenvalue weighted by molar-refractivity contribution is 8.00. The molecule has 15 heteroatoms. The van der Waals surface area contributed by atoms with Crippen molar-refractivity contribution in [3.63, 3.8) is 0 Å². The molecule has 5 heterocycles. The lowest BCUT2D eigenvalue weighted by Crippen LogP contribution is -2.71. The Kier molecular flexibility index (Phi) is 6.32. The van der Waals surface area contributed by atoms with Gasteiger partial charge in [-0.2, -0.15) is 9.36 Å². The van der Waals surface area contributed by atoms with Gasteiger partial charge in [0.1, 0.15) is 37.0 Å². The van der Waals surface area contributed by atoms with Crippen LogP contribution in [0.15, 0.2) is 53.2 Å². The van der Waals surface area contributed by atoms with Crippen LogP contribution in [0.1, 0.15) is 12.7 Å². The van der Waals surface area contributed by atoms with Crippen LogP contribution in [0.5, 0.6) is 0 Å². The number of aliphatic carboxylic acids is 1. The van der Waals surface area contributed by atoms with Crippen molar-refractivity contribution in [1.82, 2.24) is 24.1 Å². The van der Waals surface area contributed by atoms with Crippen molar-refractivity contribution < 1.29 is 28.7 Å². The standard InChI is InChI=1S/C21H20N8O5S2/c1-2-34-25-13(16-24-21(22)36-26-16)17(30)23-14-18(31)29-15(20(32)33)11(10-35-19(14)29)9-28-8-7-27-6-4-3-5-12(27)28/h3-8,14,19H,2,9-10H2,1H3,(H3-,22,23,24,26,30,32,33)/b25-13+/t14?,19-/m1/s1. The van der Waals surface area contributed by atoms with E-state index in [0.29, 0.717) is 11.3 Å². The second-order valence-electron chi connectivity index (χ2n) is 7.81. The molecule has 3 aromatic heterocycles. The van der Waals surface area contributed by atoms with Crippen LogP contribution in [0.25, 0.3) is 5.65 Å². The molecule has 1 saturated heterocycles. The van der Waals surface area contributed by atoms with Crippen molar-refractivity contribution in [2.45, 2.75) is 24.9 Å². The van der Waals surface area contributed by atoms with Crippen LogP contribution in [0.2, 0.25) is 0 Å². The average molecular weight is 529 g/mol. The van der Waals surface area contributed by atoms with E-state index in [4.69, 9.17) is 10.6 Å². The number of thioether (sulfide) groups is 1. The van der Waals surface area contributed by atoms with Crippen LogP contribution in [0.3, 0.4) is 0 Å². The summed E-state index contributed by atoms with van der Waals surface area (Å²) in [7, 11) is 0. The molecule has 3 N–H and O–H groups in total. The molecule has 1 unspecified atom stereocenters. The molecule has 5 rings (SSSR count). The van der Waals surface area contributed by atoms with E-state index < -0.39 is 29.2 Å². The fourth-order valence-electron chi connectivity index (χ4n) is 4.03. The molecular formula is C21H20N8O5S2. The summed E-state index contributed by atoms with van der Waals surface area (Å²) in [6.07, 6.45) is 5.59. The molecule has 2 atom stereocenters. The van der Waals surface area contributed by atoms with Crippen molar-refractivity contribution in [1.29, 1.82) is 0 Å². The number of carbonyl (C=O) groups is 3. The molecule has 3 aromatic rings. The number of carboxylic acid groups (broad SMARTS) is 1. The van der Waals surface area contributed by atoms with Gasteiger partial charge >= 0.3 is 0 Å². The van der Waals surface area contributed by atoms with Crippen LogP contribution >= 0.6 is 23.3 Å². The fourth-order valence-corrected chi connectivity index (χ4v) is 5.80. The highest BCUT2D eigenvalue weighted by Gasteiger charge is 2.53. The number of nitrogen functional groups attached to an aromatic ring is 1. The maximum atomic E-state index is 13.0. The number of anilines is 1. The van der Waals surface area contributed by atoms with E-state index in [0.717, 1.165) is 17.2 Å². The Bertz CT molecular complexity index is 1430. The molecule has 0 aromatic carbocycles. The summed E-state index contributed by atoms with van der Waals surface area (Å²) < 4.78 is 7.78. The van der Waals surface area contributed by atoms with E-state index in [1.54, 1.807) is 6.92 Å². The first kappa shape index (κ1) is 23.7. The molecule has 13 nitrogen and oxygen atoms in total. The van der Waals surface area contributed by atoms with Gasteiger partial charge in [0.2, 0.25) is 11.5 Å². The van der Waals surface area contributed by atoms with Gasteiger partial charge in [0.05, 0.1) is 17.9 Å². The molecule has 2 amide bonds. The molecule has 0 spiro atoms. The van der Waals surface area contributed by atoms with Crippen LogP contribution in [0.4, 0.5) is 5.13 Å². The van der Waals surface area contributed by atoms with Gasteiger partial charge in [-0.05, 0) is 13.0 Å². The lowest BCUT2D eigenvalue weighted by molar-refractivity contribution is -0.510. The number of hydrogen-bond acceptors (Lipinski definition) is 11. The van der Waals surface area contributed by atoms with Crippen molar-refractivity contribution in [2.24, 2.45) is 5.16 Å². The average Bonchev–Trinajstić information content (AvgIpc) is 3.48. The SMILES string of the molecule is CCO/N=C(/C(=O)NC1C(=O)N2C(C(=O)[O-])=C(Cn3cc[n+]4ccccc34)CS[C@H]12)c1nsc(N)n1. The first-order valence-electron chi connectivity index (χ1n) is 10.8. The smallest absolute Gasteiger partial charge is 0.286 e. The van der Waals surface area contributed by atoms with E-state index >= 15 is 0 Å². The Morgan fingerprint density at radius 3 is 2.94 bits per heavy atom. The van der Waals surface area contributed by atoms with Gasteiger partial charge in [-0.15, -0.1) is 11.8 Å². The van der Waals surface area contributed by atoms with Crippen molar-refractivity contribution in [3.05, 3.63) is 53.9 Å². The number of nitrogens with zero attached hydrogens (tertiary/aromatic N) is 6. The van der Waals surface area contributed by atoms with Gasteiger partial charge in [-0.25, -0.2) is 8.97 Å². The lowest BCUT2D eigenvalue weighted by Gasteiger charge is -2.50. The number of rotatable bonds is 8. The molecule has 36 heavy (non-hydrogen) atoms. The van der Waals surface area contributed by atoms with Crippen LogP contribution in [0, 0.1) is 0 Å². The highest BCUT2D eigenvalue weighted by Crippen LogP contribution is 2.40. The summed E-state index contributed by atoms with van der Waals surface area (Å²) in [6, 6.07) is 4.71. The van der Waals surface area contributed by atoms with E-state index in [9.17, 15) is 19.5 Å². The minimum absolute atomic E-state index is 0.0298. The third kappa shape index (κ3) is 4.15. The number of fused-ring (bicyclic) bond motifs is 2. The summed E-state index contributed by atoms with van der Waals surface area (Å²) in [6.45, 7) is 2.16. The van der Waals surface area contributed by atoms with E-state index in [1.807, 2.05) is 45.8 Å². The van der Waals surface area contributed by atoms with Gasteiger partial charge in [-0.1, -0.05) is 11.2 Å². The number of imidazole rings is 1. The fraction of sp³-hybridized carbons (Fsp3) is 0.286. The second-order valence-corrected chi connectivity index (χ2v) is 9.70. The largest absolute Gasteiger partial charge is 0.543 e. The quantitative estimate of drug-likeness (QED) is 0.153. The number of oxime groups is 1. The molecule has 0 bridgehead atoms. The number of aromatic nitrogens is 4. The lowest BCUT2D eigenvalue weighted by atomic mass is 10.0. The second kappa shape index (κ2) is 9.58. The minimum atomic E-state index is -1.45. The summed E-state index contributed by atoms with van der Waals surface area (Å²) in [5.74, 6) is -2.44. The Balaban J connectivity index is 1.37. The zero-order chi connectivity index (χ0) is 25.4. The monoisotopic (exact) mass is 528 g/mol. The Morgan fingerprint density at radius 1 is 1.39 bits per heavy atom. The minimum Gasteiger partial charge on any atom is -0.543 e. The van der Waals surface area contributed by atoms with Gasteiger partial charge in [0, 0.05) is 28.9 Å². The third-order valence-corrected chi connectivity index (χ3v) is 7.49. The number of hydrogen-bond donors (Lipinski definition) is 2. The third-order valence-electron chi connectivity index (χ3n) is 5.61. The van der Waals surface area contributed by atoms with Gasteiger partial charge < -0.3 is 25.8 Å². The van der Waals surface area contributed by atoms with Gasteiger partial charge in [0.15, 0.2) is 5.13 Å². The van der Waals surface area contributed by atoms with Crippen molar-refractivity contribution in [3.8, 4) is 0 Å². The Hall–Kier alpha value is -3.98. The highest BCUT2D eigenvalue weighted by atomic mass is 32.2. The first-order valence-corrected chi connectivity index (χ1v) is 12.6. The number of nitrogens with two attached hydrogens (primary N) is 1. The summed E-state index contributed by atoms with van der Waals surface area (Å²) in [5.41, 5.74) is 6.62. The Labute approximate surface area is 212 Å². The van der Waals surface area contributed by atoms with Gasteiger partial charge in [-0.3, -0.25) is 14.5 Å².